The Hall–Kier alpha value is -3.33. The maximum absolute atomic E-state index is 13.1. The Labute approximate surface area is 164 Å². The molecule has 3 aromatic rings. The smallest absolute Gasteiger partial charge is 0.210 e. The molecule has 0 atom stereocenters. The van der Waals surface area contributed by atoms with E-state index in [2.05, 4.69) is 10.3 Å². The number of carbonyl (C=O) groups excluding carboxylic acids is 1. The number of anilines is 3. The molecule has 1 heterocycles. The van der Waals surface area contributed by atoms with Crippen LogP contribution in [0, 0.1) is 5.82 Å². The topological polar surface area (TPSA) is 95.7 Å². The molecule has 3 N–H and O–H groups in total. The highest BCUT2D eigenvalue weighted by atomic mass is 32.1. The first-order valence-corrected chi connectivity index (χ1v) is 8.92. The summed E-state index contributed by atoms with van der Waals surface area (Å²) in [5.74, 6) is 0.361. The highest BCUT2D eigenvalue weighted by molar-refractivity contribution is 7.18. The predicted octanol–water partition coefficient (Wildman–Crippen LogP) is 3.86. The second-order valence-electron chi connectivity index (χ2n) is 5.58. The maximum atomic E-state index is 13.1. The number of hydrogen-bond donors (Lipinski definition) is 2. The van der Waals surface area contributed by atoms with Crippen LogP contribution in [-0.4, -0.2) is 32.1 Å². The van der Waals surface area contributed by atoms with Crippen LogP contribution in [0.25, 0.3) is 0 Å². The van der Waals surface area contributed by atoms with Gasteiger partial charge >= 0.3 is 0 Å². The van der Waals surface area contributed by atoms with Crippen molar-refractivity contribution >= 4 is 33.8 Å². The van der Waals surface area contributed by atoms with Gasteiger partial charge in [-0.2, -0.15) is 0 Å². The minimum atomic E-state index is -0.361. The molecule has 9 heteroatoms. The van der Waals surface area contributed by atoms with Crippen LogP contribution in [0.2, 0.25) is 0 Å². The minimum absolute atomic E-state index is 0.0800. The Morgan fingerprint density at radius 1 is 1.04 bits per heavy atom. The number of nitrogen functional groups attached to an aromatic ring is 1. The van der Waals surface area contributed by atoms with Gasteiger partial charge in [-0.15, -0.1) is 0 Å². The largest absolute Gasteiger partial charge is 0.493 e. The number of hydrogen-bond acceptors (Lipinski definition) is 8. The minimum Gasteiger partial charge on any atom is -0.493 e. The van der Waals surface area contributed by atoms with Crippen LogP contribution in [0.15, 0.2) is 36.4 Å². The Morgan fingerprint density at radius 3 is 2.32 bits per heavy atom. The number of ether oxygens (including phenoxy) is 3. The van der Waals surface area contributed by atoms with Gasteiger partial charge in [0, 0.05) is 5.69 Å². The van der Waals surface area contributed by atoms with Crippen molar-refractivity contribution in [1.82, 2.24) is 4.98 Å². The second-order valence-corrected chi connectivity index (χ2v) is 6.58. The van der Waals surface area contributed by atoms with Crippen LogP contribution < -0.4 is 25.3 Å². The van der Waals surface area contributed by atoms with Gasteiger partial charge < -0.3 is 25.3 Å². The van der Waals surface area contributed by atoms with E-state index in [1.807, 2.05) is 0 Å². The fourth-order valence-corrected chi connectivity index (χ4v) is 3.47. The summed E-state index contributed by atoms with van der Waals surface area (Å²) < 4.78 is 29.0. The van der Waals surface area contributed by atoms with Gasteiger partial charge in [-0.1, -0.05) is 11.3 Å². The number of rotatable bonds is 7. The molecule has 0 aliphatic carbocycles. The lowest BCUT2D eigenvalue weighted by Gasteiger charge is -2.14. The van der Waals surface area contributed by atoms with Crippen molar-refractivity contribution in [3.63, 3.8) is 0 Å². The molecular formula is C19H18FN3O4S. The molecule has 0 saturated carbocycles. The van der Waals surface area contributed by atoms with Crippen molar-refractivity contribution in [2.24, 2.45) is 0 Å². The van der Waals surface area contributed by atoms with E-state index in [1.54, 1.807) is 24.3 Å². The van der Waals surface area contributed by atoms with Crippen LogP contribution in [0.3, 0.4) is 0 Å². The van der Waals surface area contributed by atoms with E-state index in [1.165, 1.54) is 33.5 Å². The van der Waals surface area contributed by atoms with Crippen LogP contribution in [0.4, 0.5) is 21.0 Å². The van der Waals surface area contributed by atoms with E-state index < -0.39 is 0 Å². The number of nitrogens with two attached hydrogens (primary N) is 1. The van der Waals surface area contributed by atoms with Crippen LogP contribution in [0.5, 0.6) is 17.2 Å². The number of benzene rings is 2. The van der Waals surface area contributed by atoms with Gasteiger partial charge in [0.05, 0.1) is 26.9 Å². The summed E-state index contributed by atoms with van der Waals surface area (Å²) in [4.78, 5) is 17.5. The summed E-state index contributed by atoms with van der Waals surface area (Å²) in [6.07, 6.45) is 0. The van der Waals surface area contributed by atoms with Gasteiger partial charge in [-0.25, -0.2) is 9.37 Å². The summed E-state index contributed by atoms with van der Waals surface area (Å²) in [6.45, 7) is 0. The second kappa shape index (κ2) is 8.13. The summed E-state index contributed by atoms with van der Waals surface area (Å²) in [5, 5.41) is 3.41. The zero-order chi connectivity index (χ0) is 20.3. The summed E-state index contributed by atoms with van der Waals surface area (Å²) in [7, 11) is 4.39. The lowest BCUT2D eigenvalue weighted by Crippen LogP contribution is -2.06. The number of carbonyl (C=O) groups is 1. The van der Waals surface area contributed by atoms with Crippen LogP contribution >= 0.6 is 11.3 Å². The molecular weight excluding hydrogens is 385 g/mol. The molecule has 0 radical (unpaired) electrons. The molecule has 0 spiro atoms. The average Bonchev–Trinajstić information content (AvgIpc) is 3.07. The first kappa shape index (κ1) is 19.4. The first-order valence-electron chi connectivity index (χ1n) is 8.11. The van der Waals surface area contributed by atoms with E-state index in [0.29, 0.717) is 22.3 Å². The zero-order valence-electron chi connectivity index (χ0n) is 15.4. The van der Waals surface area contributed by atoms with E-state index in [-0.39, 0.29) is 33.6 Å². The standard InChI is InChI=1S/C19H18FN3O4S/c1-25-13-9-8-12(15(26-2)16(13)27-3)14(24)17-18(21)23-19(28-17)22-11-6-4-10(20)5-7-11/h4-9H,21H2,1-3H3,(H,22,23). The van der Waals surface area contributed by atoms with Crippen LogP contribution in [-0.2, 0) is 0 Å². The van der Waals surface area contributed by atoms with Crippen molar-refractivity contribution in [3.8, 4) is 17.2 Å². The zero-order valence-corrected chi connectivity index (χ0v) is 16.2. The molecule has 0 aliphatic rings. The number of ketones is 1. The number of nitrogens with zero attached hydrogens (tertiary/aromatic N) is 1. The van der Waals surface area contributed by atoms with E-state index >= 15 is 0 Å². The third-order valence-corrected chi connectivity index (χ3v) is 4.89. The lowest BCUT2D eigenvalue weighted by molar-refractivity contribution is 0.103. The van der Waals surface area contributed by atoms with Crippen molar-refractivity contribution in [2.75, 3.05) is 32.4 Å². The lowest BCUT2D eigenvalue weighted by atomic mass is 10.1. The molecule has 1 aromatic heterocycles. The molecule has 7 nitrogen and oxygen atoms in total. The molecule has 0 amide bonds. The number of aromatic nitrogens is 1. The molecule has 28 heavy (non-hydrogen) atoms. The monoisotopic (exact) mass is 403 g/mol. The van der Waals surface area contributed by atoms with Gasteiger partial charge in [-0.05, 0) is 36.4 Å². The third-order valence-electron chi connectivity index (χ3n) is 3.90. The predicted molar refractivity (Wildman–Crippen MR) is 106 cm³/mol. The number of thiazole rings is 1. The summed E-state index contributed by atoms with van der Waals surface area (Å²) in [5.41, 5.74) is 6.85. The maximum Gasteiger partial charge on any atom is 0.210 e. The first-order chi connectivity index (χ1) is 13.5. The molecule has 0 unspecified atom stereocenters. The molecule has 0 saturated heterocycles. The number of nitrogens with one attached hydrogen (secondary N) is 1. The SMILES string of the molecule is COc1ccc(C(=O)c2sc(Nc3ccc(F)cc3)nc2N)c(OC)c1OC. The van der Waals surface area contributed by atoms with Crippen molar-refractivity contribution in [1.29, 1.82) is 0 Å². The van der Waals surface area contributed by atoms with Crippen LogP contribution in [0.1, 0.15) is 15.2 Å². The van der Waals surface area contributed by atoms with Gasteiger partial charge in [-0.3, -0.25) is 4.79 Å². The quantitative estimate of drug-likeness (QED) is 0.578. The average molecular weight is 403 g/mol. The number of methoxy groups -OCH3 is 3. The summed E-state index contributed by atoms with van der Waals surface area (Å²) in [6, 6.07) is 8.95. The molecule has 146 valence electrons. The fraction of sp³-hybridized carbons (Fsp3) is 0.158. The van der Waals surface area contributed by atoms with Gasteiger partial charge in [0.1, 0.15) is 16.5 Å². The molecule has 3 rings (SSSR count). The van der Waals surface area contributed by atoms with Gasteiger partial charge in [0.15, 0.2) is 16.6 Å². The van der Waals surface area contributed by atoms with E-state index in [9.17, 15) is 9.18 Å². The van der Waals surface area contributed by atoms with E-state index in [4.69, 9.17) is 19.9 Å². The molecule has 0 fully saturated rings. The Bertz CT molecular complexity index is 1010. The van der Waals surface area contributed by atoms with Crippen molar-refractivity contribution in [3.05, 3.63) is 52.7 Å². The fourth-order valence-electron chi connectivity index (χ4n) is 2.61. The molecule has 0 bridgehead atoms. The Kier molecular flexibility index (Phi) is 5.65. The molecule has 2 aromatic carbocycles. The third kappa shape index (κ3) is 3.70. The summed E-state index contributed by atoms with van der Waals surface area (Å²) >= 11 is 1.09. The highest BCUT2D eigenvalue weighted by Crippen LogP contribution is 2.41. The number of halogens is 1. The Balaban J connectivity index is 1.95. The molecule has 0 aliphatic heterocycles. The van der Waals surface area contributed by atoms with Gasteiger partial charge in [0.2, 0.25) is 11.5 Å². The van der Waals surface area contributed by atoms with Crippen molar-refractivity contribution < 1.29 is 23.4 Å². The highest BCUT2D eigenvalue weighted by Gasteiger charge is 2.25. The van der Waals surface area contributed by atoms with Gasteiger partial charge in [0.25, 0.3) is 0 Å². The Morgan fingerprint density at radius 2 is 1.71 bits per heavy atom. The van der Waals surface area contributed by atoms with Crippen molar-refractivity contribution in [2.45, 2.75) is 0 Å². The normalized spacial score (nSPS) is 10.4. The van der Waals surface area contributed by atoms with E-state index in [0.717, 1.165) is 11.3 Å².